The lowest BCUT2D eigenvalue weighted by Gasteiger charge is -2.20. The van der Waals surface area contributed by atoms with Crippen LogP contribution in [0.1, 0.15) is 56.5 Å². The second-order valence-corrected chi connectivity index (χ2v) is 10.4. The van der Waals surface area contributed by atoms with E-state index in [2.05, 4.69) is 32.7 Å². The number of fused-ring (bicyclic) bond motifs is 2. The van der Waals surface area contributed by atoms with Crippen molar-refractivity contribution in [2.75, 3.05) is 11.9 Å². The molecule has 1 aliphatic carbocycles. The smallest absolute Gasteiger partial charge is 0.278 e. The van der Waals surface area contributed by atoms with Crippen molar-refractivity contribution in [3.8, 4) is 5.82 Å². The molecule has 4 heterocycles. The summed E-state index contributed by atoms with van der Waals surface area (Å²) in [5.74, 6) is 0.498. The minimum Gasteiger partial charge on any atom is -0.324 e. The van der Waals surface area contributed by atoms with Crippen molar-refractivity contribution in [2.24, 2.45) is 0 Å². The summed E-state index contributed by atoms with van der Waals surface area (Å²) in [5.41, 5.74) is 3.65. The predicted molar refractivity (Wildman–Crippen MR) is 133 cm³/mol. The van der Waals surface area contributed by atoms with Gasteiger partial charge in [-0.25, -0.2) is 23.7 Å². The third-order valence-electron chi connectivity index (χ3n) is 6.62. The molecule has 6 rings (SSSR count). The van der Waals surface area contributed by atoms with E-state index in [1.165, 1.54) is 17.2 Å². The zero-order valence-electron chi connectivity index (χ0n) is 20.1. The molecule has 1 aromatic carbocycles. The molecular weight excluding hydrogens is 445 g/mol. The lowest BCUT2D eigenvalue weighted by molar-refractivity contribution is 0.493. The van der Waals surface area contributed by atoms with Gasteiger partial charge in [-0.3, -0.25) is 4.79 Å². The number of halogens is 1. The van der Waals surface area contributed by atoms with Gasteiger partial charge in [0.2, 0.25) is 5.95 Å². The van der Waals surface area contributed by atoms with Crippen LogP contribution in [-0.2, 0) is 18.4 Å². The predicted octanol–water partition coefficient (Wildman–Crippen LogP) is 4.14. The van der Waals surface area contributed by atoms with Crippen molar-refractivity contribution in [1.29, 1.82) is 0 Å². The largest absolute Gasteiger partial charge is 0.324 e. The summed E-state index contributed by atoms with van der Waals surface area (Å²) < 4.78 is 18.0. The molecule has 3 aromatic heterocycles. The topological polar surface area (TPSA) is 89.7 Å². The zero-order chi connectivity index (χ0) is 24.3. The molecule has 4 aromatic rings. The van der Waals surface area contributed by atoms with Crippen molar-refractivity contribution in [2.45, 2.75) is 58.0 Å². The van der Waals surface area contributed by atoms with Crippen LogP contribution in [0.2, 0.25) is 0 Å². The summed E-state index contributed by atoms with van der Waals surface area (Å²) in [4.78, 5) is 27.1. The molecule has 0 spiro atoms. The Morgan fingerprint density at radius 2 is 1.94 bits per heavy atom. The summed E-state index contributed by atoms with van der Waals surface area (Å²) in [6.07, 6.45) is 4.40. The molecule has 0 unspecified atom stereocenters. The Morgan fingerprint density at radius 3 is 2.71 bits per heavy atom. The van der Waals surface area contributed by atoms with Crippen LogP contribution in [0.4, 0.5) is 16.0 Å². The minimum absolute atomic E-state index is 0.0752. The number of aromatic nitrogens is 5. The zero-order valence-corrected chi connectivity index (χ0v) is 20.1. The molecule has 2 N–H and O–H groups in total. The van der Waals surface area contributed by atoms with Crippen LogP contribution in [0.15, 0.2) is 41.3 Å². The molecule has 0 saturated heterocycles. The van der Waals surface area contributed by atoms with Crippen molar-refractivity contribution in [3.63, 3.8) is 0 Å². The lowest BCUT2D eigenvalue weighted by Crippen LogP contribution is -2.23. The average Bonchev–Trinajstić information content (AvgIpc) is 3.63. The van der Waals surface area contributed by atoms with Gasteiger partial charge in [-0.1, -0.05) is 26.8 Å². The first-order chi connectivity index (χ1) is 16.8. The number of pyridine rings is 1. The number of benzene rings is 1. The van der Waals surface area contributed by atoms with Crippen LogP contribution in [0, 0.1) is 5.82 Å². The molecule has 0 amide bonds. The van der Waals surface area contributed by atoms with Gasteiger partial charge in [-0.05, 0) is 61.2 Å². The van der Waals surface area contributed by atoms with E-state index in [9.17, 15) is 9.18 Å². The lowest BCUT2D eigenvalue weighted by atomic mass is 9.91. The van der Waals surface area contributed by atoms with E-state index in [0.29, 0.717) is 28.5 Å². The molecular formula is C26H28FN7O. The Hall–Kier alpha value is -3.59. The number of hydrogen-bond donors (Lipinski definition) is 2. The van der Waals surface area contributed by atoms with E-state index in [0.717, 1.165) is 38.0 Å². The highest BCUT2D eigenvalue weighted by Gasteiger charge is 2.32. The number of rotatable bonds is 4. The van der Waals surface area contributed by atoms with Gasteiger partial charge in [0.15, 0.2) is 11.5 Å². The fourth-order valence-electron chi connectivity index (χ4n) is 4.69. The fraction of sp³-hybridized carbons (Fsp3) is 0.385. The Morgan fingerprint density at radius 1 is 1.11 bits per heavy atom. The molecule has 8 nitrogen and oxygen atoms in total. The Balaban J connectivity index is 1.48. The first-order valence-corrected chi connectivity index (χ1v) is 12.1. The normalized spacial score (nSPS) is 15.9. The van der Waals surface area contributed by atoms with E-state index in [1.807, 2.05) is 26.8 Å². The van der Waals surface area contributed by atoms with Crippen LogP contribution in [0.3, 0.4) is 0 Å². The number of hydrogen-bond acceptors (Lipinski definition) is 6. The molecule has 1 aliphatic heterocycles. The number of nitrogens with zero attached hydrogens (tertiary/aromatic N) is 5. The van der Waals surface area contributed by atoms with Gasteiger partial charge in [0.25, 0.3) is 5.56 Å². The summed E-state index contributed by atoms with van der Waals surface area (Å²) in [6.45, 7) is 7.58. The van der Waals surface area contributed by atoms with Crippen molar-refractivity contribution >= 4 is 22.7 Å². The summed E-state index contributed by atoms with van der Waals surface area (Å²) >= 11 is 0. The van der Waals surface area contributed by atoms with Crippen LogP contribution >= 0.6 is 0 Å². The van der Waals surface area contributed by atoms with Gasteiger partial charge >= 0.3 is 0 Å². The van der Waals surface area contributed by atoms with E-state index >= 15 is 0 Å². The van der Waals surface area contributed by atoms with E-state index < -0.39 is 5.41 Å². The second-order valence-electron chi connectivity index (χ2n) is 10.4. The Kier molecular flexibility index (Phi) is 5.00. The molecule has 180 valence electrons. The monoisotopic (exact) mass is 473 g/mol. The average molecular weight is 474 g/mol. The van der Waals surface area contributed by atoms with Crippen molar-refractivity contribution in [3.05, 3.63) is 69.5 Å². The SMILES string of the molecule is CC(C)(C)c1nc(-n2c3nc(Nc4ccc5c(c4)CNCC5)ncc3c(=O)n2C2CC2)ccc1F. The van der Waals surface area contributed by atoms with Crippen molar-refractivity contribution < 1.29 is 4.39 Å². The number of nitrogens with one attached hydrogen (secondary N) is 2. The maximum absolute atomic E-state index is 14.6. The summed E-state index contributed by atoms with van der Waals surface area (Å²) in [7, 11) is 0. The molecule has 35 heavy (non-hydrogen) atoms. The maximum Gasteiger partial charge on any atom is 0.278 e. The second kappa shape index (κ2) is 7.98. The van der Waals surface area contributed by atoms with E-state index in [-0.39, 0.29) is 17.4 Å². The number of anilines is 2. The Bertz CT molecular complexity index is 1510. The third kappa shape index (κ3) is 3.89. The van der Waals surface area contributed by atoms with Crippen LogP contribution in [0.5, 0.6) is 0 Å². The van der Waals surface area contributed by atoms with Gasteiger partial charge in [-0.15, -0.1) is 0 Å². The summed E-state index contributed by atoms with van der Waals surface area (Å²) in [6, 6.07) is 9.36. The quantitative estimate of drug-likeness (QED) is 0.463. The molecule has 1 fully saturated rings. The van der Waals surface area contributed by atoms with Gasteiger partial charge in [0, 0.05) is 23.8 Å². The van der Waals surface area contributed by atoms with Gasteiger partial charge in [-0.2, -0.15) is 4.98 Å². The van der Waals surface area contributed by atoms with Gasteiger partial charge < -0.3 is 10.6 Å². The van der Waals surface area contributed by atoms with E-state index in [4.69, 9.17) is 4.98 Å². The third-order valence-corrected chi connectivity index (χ3v) is 6.62. The van der Waals surface area contributed by atoms with Gasteiger partial charge in [0.05, 0.1) is 11.7 Å². The van der Waals surface area contributed by atoms with E-state index in [1.54, 1.807) is 21.6 Å². The van der Waals surface area contributed by atoms with Crippen molar-refractivity contribution in [1.82, 2.24) is 29.6 Å². The highest BCUT2D eigenvalue weighted by Crippen LogP contribution is 2.36. The molecule has 0 bridgehead atoms. The molecule has 0 atom stereocenters. The van der Waals surface area contributed by atoms with Crippen LogP contribution in [-0.4, -0.2) is 30.9 Å². The van der Waals surface area contributed by atoms with Crippen LogP contribution in [0.25, 0.3) is 16.9 Å². The first kappa shape index (κ1) is 21.9. The fourth-order valence-corrected chi connectivity index (χ4v) is 4.69. The minimum atomic E-state index is -0.489. The Labute approximate surface area is 202 Å². The molecule has 1 saturated carbocycles. The molecule has 0 radical (unpaired) electrons. The van der Waals surface area contributed by atoms with Gasteiger partial charge in [0.1, 0.15) is 11.2 Å². The maximum atomic E-state index is 14.6. The highest BCUT2D eigenvalue weighted by atomic mass is 19.1. The first-order valence-electron chi connectivity index (χ1n) is 12.1. The summed E-state index contributed by atoms with van der Waals surface area (Å²) in [5, 5.41) is 7.10. The molecule has 2 aliphatic rings. The van der Waals surface area contributed by atoms with Crippen LogP contribution < -0.4 is 16.2 Å². The highest BCUT2D eigenvalue weighted by molar-refractivity contribution is 5.77. The standard InChI is InChI=1S/C26H28FN7O/c1-26(2,3)22-20(27)8-9-21(31-22)34-23-19(24(35)33(34)18-6-7-18)14-29-25(32-23)30-17-5-4-15-10-11-28-13-16(15)12-17/h4-5,8-9,12,14,18,28H,6-7,10-11,13H2,1-3H3,(H,29,30,32). The molecule has 9 heteroatoms.